The summed E-state index contributed by atoms with van der Waals surface area (Å²) in [4.78, 5) is 28.5. The number of Topliss-reactive ketones (excluding diaryl/α,β-unsaturated/α-hetero) is 1. The van der Waals surface area contributed by atoms with Gasteiger partial charge in [0.15, 0.2) is 6.61 Å². The molecule has 0 aliphatic carbocycles. The molecule has 2 heterocycles. The molecule has 7 heteroatoms. The molecule has 0 radical (unpaired) electrons. The zero-order chi connectivity index (χ0) is 24.5. The highest BCUT2D eigenvalue weighted by atomic mass is 16.5. The molecular weight excluding hydrogens is 432 g/mol. The van der Waals surface area contributed by atoms with E-state index in [1.54, 1.807) is 48.9 Å². The zero-order valence-corrected chi connectivity index (χ0v) is 19.8. The smallest absolute Gasteiger partial charge is 0.323 e. The van der Waals surface area contributed by atoms with E-state index in [0.717, 1.165) is 18.6 Å². The van der Waals surface area contributed by atoms with Crippen LogP contribution in [-0.2, 0) is 16.1 Å². The minimum atomic E-state index is -1.00. The summed E-state index contributed by atoms with van der Waals surface area (Å²) in [5, 5.41) is 10.0. The van der Waals surface area contributed by atoms with Crippen LogP contribution in [0.15, 0.2) is 72.4 Å². The van der Waals surface area contributed by atoms with Gasteiger partial charge in [0, 0.05) is 35.8 Å². The van der Waals surface area contributed by atoms with E-state index in [4.69, 9.17) is 9.47 Å². The number of pyridine rings is 1. The summed E-state index contributed by atoms with van der Waals surface area (Å²) < 4.78 is 13.2. The van der Waals surface area contributed by atoms with E-state index in [0.29, 0.717) is 34.4 Å². The van der Waals surface area contributed by atoms with Crippen LogP contribution in [0.4, 0.5) is 0 Å². The number of ether oxygens (including phenoxy) is 2. The van der Waals surface area contributed by atoms with Crippen molar-refractivity contribution in [2.24, 2.45) is 0 Å². The third-order valence-corrected chi connectivity index (χ3v) is 5.29. The number of hydrogen-bond acceptors (Lipinski definition) is 5. The van der Waals surface area contributed by atoms with Crippen molar-refractivity contribution in [2.75, 3.05) is 6.61 Å². The minimum absolute atomic E-state index is 0.122. The molecule has 7 nitrogen and oxygen atoms in total. The van der Waals surface area contributed by atoms with Crippen molar-refractivity contribution in [3.05, 3.63) is 78.0 Å². The molecule has 3 rings (SSSR count). The molecular formula is C27H30N2O5. The first-order valence-electron chi connectivity index (χ1n) is 11.4. The Morgan fingerprint density at radius 1 is 1.12 bits per heavy atom. The van der Waals surface area contributed by atoms with Gasteiger partial charge >= 0.3 is 5.97 Å². The summed E-state index contributed by atoms with van der Waals surface area (Å²) in [6.07, 6.45) is 11.4. The summed E-state index contributed by atoms with van der Waals surface area (Å²) in [5.41, 5.74) is 2.18. The Balaban J connectivity index is 1.87. The number of fused-ring (bicyclic) bond motifs is 1. The second kappa shape index (κ2) is 11.8. The third kappa shape index (κ3) is 6.34. The first-order chi connectivity index (χ1) is 16.4. The van der Waals surface area contributed by atoms with Crippen molar-refractivity contribution in [3.8, 4) is 11.5 Å². The maximum atomic E-state index is 13.1. The van der Waals surface area contributed by atoms with E-state index in [2.05, 4.69) is 24.9 Å². The van der Waals surface area contributed by atoms with Gasteiger partial charge in [-0.05, 0) is 48.8 Å². The lowest BCUT2D eigenvalue weighted by Gasteiger charge is -2.09. The Morgan fingerprint density at radius 3 is 2.59 bits per heavy atom. The quantitative estimate of drug-likeness (QED) is 0.197. The third-order valence-electron chi connectivity index (χ3n) is 5.29. The zero-order valence-electron chi connectivity index (χ0n) is 19.8. The van der Waals surface area contributed by atoms with E-state index in [-0.39, 0.29) is 18.9 Å². The van der Waals surface area contributed by atoms with E-state index in [9.17, 15) is 14.7 Å². The molecule has 0 aliphatic heterocycles. The van der Waals surface area contributed by atoms with Gasteiger partial charge in [-0.2, -0.15) is 0 Å². The summed E-state index contributed by atoms with van der Waals surface area (Å²) in [6, 6.07) is 8.78. The number of allylic oxidation sites excluding steroid dienone is 4. The highest BCUT2D eigenvalue weighted by Gasteiger charge is 2.18. The number of benzene rings is 1. The SMILES string of the molecule is CC/C=C(/C=C(\CC)OCC(=O)c1cn(CC(=O)O)c2cc(Oc3cccnc3)ccc12)CC. The number of carboxylic acid groups (broad SMARTS) is 1. The van der Waals surface area contributed by atoms with E-state index >= 15 is 0 Å². The standard InChI is InChI=1S/C27H30N2O5/c1-4-8-19(5-2)13-20(6-3)33-18-26(30)24-16-29(17-27(31)32)25-14-21(10-11-23(24)25)34-22-9-7-12-28-15-22/h7-16H,4-6,17-18H2,1-3H3,(H,31,32)/b19-8+,20-13+. The number of nitrogens with zero attached hydrogens (tertiary/aromatic N) is 2. The van der Waals surface area contributed by atoms with E-state index < -0.39 is 5.97 Å². The van der Waals surface area contributed by atoms with Crippen LogP contribution in [-0.4, -0.2) is 33.0 Å². The molecule has 1 N–H and O–H groups in total. The van der Waals surface area contributed by atoms with Crippen molar-refractivity contribution < 1.29 is 24.2 Å². The summed E-state index contributed by atoms with van der Waals surface area (Å²) in [5.74, 6) is 0.608. The highest BCUT2D eigenvalue weighted by Crippen LogP contribution is 2.29. The Morgan fingerprint density at radius 2 is 1.94 bits per heavy atom. The summed E-state index contributed by atoms with van der Waals surface area (Å²) >= 11 is 0. The first-order valence-corrected chi connectivity index (χ1v) is 11.4. The lowest BCUT2D eigenvalue weighted by atomic mass is 10.1. The number of hydrogen-bond donors (Lipinski definition) is 1. The van der Waals surface area contributed by atoms with E-state index in [1.807, 2.05) is 13.0 Å². The van der Waals surface area contributed by atoms with Gasteiger partial charge < -0.3 is 19.1 Å². The van der Waals surface area contributed by atoms with Crippen LogP contribution >= 0.6 is 0 Å². The number of carboxylic acids is 1. The molecule has 2 aromatic heterocycles. The van der Waals surface area contributed by atoms with Gasteiger partial charge in [0.25, 0.3) is 0 Å². The number of carbonyl (C=O) groups is 2. The van der Waals surface area contributed by atoms with Crippen LogP contribution in [0.3, 0.4) is 0 Å². The highest BCUT2D eigenvalue weighted by molar-refractivity contribution is 6.09. The molecule has 0 fully saturated rings. The predicted octanol–water partition coefficient (Wildman–Crippen LogP) is 6.15. The second-order valence-corrected chi connectivity index (χ2v) is 7.75. The first kappa shape index (κ1) is 24.8. The van der Waals surface area contributed by atoms with Crippen molar-refractivity contribution in [1.29, 1.82) is 0 Å². The van der Waals surface area contributed by atoms with Gasteiger partial charge in [-0.3, -0.25) is 14.6 Å². The van der Waals surface area contributed by atoms with Crippen molar-refractivity contribution in [3.63, 3.8) is 0 Å². The molecule has 0 saturated carbocycles. The lowest BCUT2D eigenvalue weighted by Crippen LogP contribution is -2.10. The van der Waals surface area contributed by atoms with E-state index in [1.165, 1.54) is 10.1 Å². The predicted molar refractivity (Wildman–Crippen MR) is 131 cm³/mol. The number of rotatable bonds is 12. The molecule has 0 amide bonds. The molecule has 178 valence electrons. The van der Waals surface area contributed by atoms with Crippen LogP contribution in [0.25, 0.3) is 10.9 Å². The van der Waals surface area contributed by atoms with Gasteiger partial charge in [-0.15, -0.1) is 0 Å². The molecule has 0 atom stereocenters. The summed E-state index contributed by atoms with van der Waals surface area (Å²) in [6.45, 7) is 5.75. The van der Waals surface area contributed by atoms with Gasteiger partial charge in [0.1, 0.15) is 18.0 Å². The average molecular weight is 463 g/mol. The Hall–Kier alpha value is -3.87. The van der Waals surface area contributed by atoms with Crippen molar-refractivity contribution >= 4 is 22.7 Å². The van der Waals surface area contributed by atoms with Crippen molar-refractivity contribution in [2.45, 2.75) is 46.6 Å². The maximum absolute atomic E-state index is 13.1. The fourth-order valence-corrected chi connectivity index (χ4v) is 3.63. The second-order valence-electron chi connectivity index (χ2n) is 7.75. The average Bonchev–Trinajstić information content (AvgIpc) is 3.18. The molecule has 0 saturated heterocycles. The van der Waals surface area contributed by atoms with Crippen LogP contribution in [0.5, 0.6) is 11.5 Å². The molecule has 0 bridgehead atoms. The van der Waals surface area contributed by atoms with Crippen LogP contribution < -0.4 is 4.74 Å². The topological polar surface area (TPSA) is 90.7 Å². The fourth-order valence-electron chi connectivity index (χ4n) is 3.63. The lowest BCUT2D eigenvalue weighted by molar-refractivity contribution is -0.137. The largest absolute Gasteiger partial charge is 0.490 e. The molecule has 0 unspecified atom stereocenters. The number of ketones is 1. The fraction of sp³-hybridized carbons (Fsp3) is 0.296. The molecule has 34 heavy (non-hydrogen) atoms. The Kier molecular flexibility index (Phi) is 8.62. The molecule has 3 aromatic rings. The van der Waals surface area contributed by atoms with Crippen LogP contribution in [0.2, 0.25) is 0 Å². The summed E-state index contributed by atoms with van der Waals surface area (Å²) in [7, 11) is 0. The van der Waals surface area contributed by atoms with Gasteiger partial charge in [0.2, 0.25) is 5.78 Å². The monoisotopic (exact) mass is 462 g/mol. The molecule has 1 aromatic carbocycles. The van der Waals surface area contributed by atoms with Gasteiger partial charge in [-0.25, -0.2) is 0 Å². The minimum Gasteiger partial charge on any atom is -0.490 e. The molecule has 0 spiro atoms. The van der Waals surface area contributed by atoms with Gasteiger partial charge in [-0.1, -0.05) is 26.8 Å². The number of aliphatic carboxylic acids is 1. The van der Waals surface area contributed by atoms with Crippen LogP contribution in [0.1, 0.15) is 50.4 Å². The van der Waals surface area contributed by atoms with Crippen molar-refractivity contribution in [1.82, 2.24) is 9.55 Å². The number of aromatic nitrogens is 2. The Bertz CT molecular complexity index is 1210. The maximum Gasteiger partial charge on any atom is 0.323 e. The molecule has 0 aliphatic rings. The number of carbonyl (C=O) groups excluding carboxylic acids is 1. The van der Waals surface area contributed by atoms with Crippen LogP contribution in [0, 0.1) is 0 Å². The van der Waals surface area contributed by atoms with Gasteiger partial charge in [0.05, 0.1) is 17.5 Å². The normalized spacial score (nSPS) is 12.1. The Labute approximate surface area is 199 Å².